The molecule has 1 aliphatic rings. The summed E-state index contributed by atoms with van der Waals surface area (Å²) >= 11 is 0. The monoisotopic (exact) mass is 430 g/mol. The first-order chi connectivity index (χ1) is 14.7. The maximum absolute atomic E-state index is 13.3. The van der Waals surface area contributed by atoms with Crippen LogP contribution in [0.5, 0.6) is 0 Å². The van der Waals surface area contributed by atoms with Crippen molar-refractivity contribution in [3.8, 4) is 11.4 Å². The molecule has 3 aromatic rings. The van der Waals surface area contributed by atoms with Crippen molar-refractivity contribution in [1.29, 1.82) is 0 Å². The van der Waals surface area contributed by atoms with Gasteiger partial charge in [0.1, 0.15) is 11.5 Å². The van der Waals surface area contributed by atoms with E-state index in [1.165, 1.54) is 30.6 Å². The Bertz CT molecular complexity index is 1110. The lowest BCUT2D eigenvalue weighted by molar-refractivity contribution is -0.137. The first-order valence-electron chi connectivity index (χ1n) is 9.68. The van der Waals surface area contributed by atoms with Gasteiger partial charge in [-0.2, -0.15) is 13.2 Å². The van der Waals surface area contributed by atoms with Crippen LogP contribution >= 0.6 is 0 Å². The number of benzene rings is 1. The highest BCUT2D eigenvalue weighted by atomic mass is 19.4. The molecule has 31 heavy (non-hydrogen) atoms. The highest BCUT2D eigenvalue weighted by molar-refractivity contribution is 5.95. The zero-order chi connectivity index (χ0) is 22.2. The molecule has 0 aliphatic heterocycles. The largest absolute Gasteiger partial charge is 0.416 e. The molecule has 1 N–H and O–H groups in total. The van der Waals surface area contributed by atoms with Gasteiger partial charge in [0.2, 0.25) is 0 Å². The Balaban J connectivity index is 1.61. The minimum atomic E-state index is -4.54. The van der Waals surface area contributed by atoms with Crippen molar-refractivity contribution in [2.45, 2.75) is 37.9 Å². The number of alkyl halides is 3. The normalized spacial score (nSPS) is 14.9. The van der Waals surface area contributed by atoms with Gasteiger partial charge >= 0.3 is 6.18 Å². The third kappa shape index (κ3) is 4.70. The Hall–Kier alpha value is -3.36. The second-order valence-corrected chi connectivity index (χ2v) is 7.46. The van der Waals surface area contributed by atoms with Gasteiger partial charge < -0.3 is 5.32 Å². The van der Waals surface area contributed by atoms with E-state index < -0.39 is 29.5 Å². The summed E-state index contributed by atoms with van der Waals surface area (Å²) in [7, 11) is 0. The van der Waals surface area contributed by atoms with E-state index in [4.69, 9.17) is 0 Å². The fraction of sp³-hybridized carbons (Fsp3) is 0.273. The van der Waals surface area contributed by atoms with Gasteiger partial charge in [-0.3, -0.25) is 19.7 Å². The molecule has 0 bridgehead atoms. The van der Waals surface area contributed by atoms with E-state index in [1.54, 1.807) is 6.92 Å². The molecule has 9 heteroatoms. The van der Waals surface area contributed by atoms with E-state index in [0.717, 1.165) is 31.2 Å². The molecule has 2 heterocycles. The summed E-state index contributed by atoms with van der Waals surface area (Å²) in [6, 6.07) is 5.46. The number of pyridine rings is 1. The molecule has 2 aromatic heterocycles. The number of halogens is 4. The number of carbonyl (C=O) groups is 1. The van der Waals surface area contributed by atoms with Crippen LogP contribution in [0.15, 0.2) is 48.9 Å². The van der Waals surface area contributed by atoms with Crippen LogP contribution in [0.25, 0.3) is 11.4 Å². The van der Waals surface area contributed by atoms with Gasteiger partial charge in [0.15, 0.2) is 0 Å². The maximum atomic E-state index is 13.3. The van der Waals surface area contributed by atoms with Crippen molar-refractivity contribution in [3.05, 3.63) is 77.1 Å². The Kier molecular flexibility index (Phi) is 5.43. The van der Waals surface area contributed by atoms with Crippen molar-refractivity contribution in [2.75, 3.05) is 0 Å². The molecule has 160 valence electrons. The van der Waals surface area contributed by atoms with E-state index in [2.05, 4.69) is 20.3 Å². The molecule has 1 unspecified atom stereocenters. The summed E-state index contributed by atoms with van der Waals surface area (Å²) < 4.78 is 53.1. The number of aromatic nitrogens is 3. The van der Waals surface area contributed by atoms with Crippen LogP contribution in [0.2, 0.25) is 0 Å². The standard InChI is InChI=1S/C22H18F4N4O/c1-12(19-20(28-7-6-27-19)18-5-4-17(23)11-29-18)30-21(31)15-8-14(13-2-3-13)9-16(10-15)22(24,25)26/h4-13H,2-3H2,1H3,(H,30,31). The Morgan fingerprint density at radius 1 is 1.10 bits per heavy atom. The van der Waals surface area contributed by atoms with Crippen LogP contribution in [0, 0.1) is 5.82 Å². The van der Waals surface area contributed by atoms with Gasteiger partial charge in [-0.1, -0.05) is 0 Å². The third-order valence-corrected chi connectivity index (χ3v) is 5.05. The molecule has 0 radical (unpaired) electrons. The molecule has 1 amide bonds. The smallest absolute Gasteiger partial charge is 0.344 e. The zero-order valence-corrected chi connectivity index (χ0v) is 16.4. The average molecular weight is 430 g/mol. The van der Waals surface area contributed by atoms with Crippen LogP contribution < -0.4 is 5.32 Å². The molecule has 1 atom stereocenters. The number of amides is 1. The second kappa shape index (κ2) is 8.05. The van der Waals surface area contributed by atoms with Crippen LogP contribution in [0.1, 0.15) is 58.9 Å². The van der Waals surface area contributed by atoms with Crippen LogP contribution in [-0.4, -0.2) is 20.9 Å². The van der Waals surface area contributed by atoms with Crippen LogP contribution in [0.3, 0.4) is 0 Å². The number of nitrogens with one attached hydrogen (secondary N) is 1. The Morgan fingerprint density at radius 3 is 2.48 bits per heavy atom. The van der Waals surface area contributed by atoms with Crippen molar-refractivity contribution < 1.29 is 22.4 Å². The molecule has 5 nitrogen and oxygen atoms in total. The van der Waals surface area contributed by atoms with E-state index >= 15 is 0 Å². The molecule has 0 saturated heterocycles. The lowest BCUT2D eigenvalue weighted by Crippen LogP contribution is -2.28. The Labute approximate surface area is 175 Å². The van der Waals surface area contributed by atoms with Crippen molar-refractivity contribution in [2.24, 2.45) is 0 Å². The molecule has 1 aliphatic carbocycles. The van der Waals surface area contributed by atoms with Crippen molar-refractivity contribution >= 4 is 5.91 Å². The molecule has 1 saturated carbocycles. The molecule has 1 aromatic carbocycles. The van der Waals surface area contributed by atoms with E-state index in [1.807, 2.05) is 0 Å². The fourth-order valence-corrected chi connectivity index (χ4v) is 3.33. The van der Waals surface area contributed by atoms with E-state index in [9.17, 15) is 22.4 Å². The summed E-state index contributed by atoms with van der Waals surface area (Å²) in [5.74, 6) is -1.10. The predicted molar refractivity (Wildman–Crippen MR) is 105 cm³/mol. The quantitative estimate of drug-likeness (QED) is 0.575. The number of hydrogen-bond acceptors (Lipinski definition) is 4. The van der Waals surface area contributed by atoms with Crippen molar-refractivity contribution in [1.82, 2.24) is 20.3 Å². The molecular formula is C22H18F4N4O. The summed E-state index contributed by atoms with van der Waals surface area (Å²) in [6.45, 7) is 1.64. The molecular weight excluding hydrogens is 412 g/mol. The van der Waals surface area contributed by atoms with E-state index in [0.29, 0.717) is 22.6 Å². The summed E-state index contributed by atoms with van der Waals surface area (Å²) in [6.07, 6.45) is 0.989. The highest BCUT2D eigenvalue weighted by Crippen LogP contribution is 2.42. The maximum Gasteiger partial charge on any atom is 0.416 e. The minimum Gasteiger partial charge on any atom is -0.344 e. The van der Waals surface area contributed by atoms with Crippen LogP contribution in [-0.2, 0) is 6.18 Å². The summed E-state index contributed by atoms with van der Waals surface area (Å²) in [5.41, 5.74) is 0.686. The van der Waals surface area contributed by atoms with Gasteiger partial charge in [-0.15, -0.1) is 0 Å². The van der Waals surface area contributed by atoms with Gasteiger partial charge in [0.05, 0.1) is 29.2 Å². The highest BCUT2D eigenvalue weighted by Gasteiger charge is 2.34. The summed E-state index contributed by atoms with van der Waals surface area (Å²) in [5, 5.41) is 2.69. The Morgan fingerprint density at radius 2 is 1.84 bits per heavy atom. The van der Waals surface area contributed by atoms with Gasteiger partial charge in [0.25, 0.3) is 5.91 Å². The predicted octanol–water partition coefficient (Wildman–Crippen LogP) is 5.06. The first-order valence-corrected chi connectivity index (χ1v) is 9.68. The molecule has 4 rings (SSSR count). The number of nitrogens with zero attached hydrogens (tertiary/aromatic N) is 3. The second-order valence-electron chi connectivity index (χ2n) is 7.46. The molecule has 1 fully saturated rings. The first kappa shape index (κ1) is 20.9. The minimum absolute atomic E-state index is 0.0578. The van der Waals surface area contributed by atoms with Gasteiger partial charge in [-0.25, -0.2) is 4.39 Å². The third-order valence-electron chi connectivity index (χ3n) is 5.05. The number of carbonyl (C=O) groups excluding carboxylic acids is 1. The number of rotatable bonds is 5. The number of hydrogen-bond donors (Lipinski definition) is 1. The lowest BCUT2D eigenvalue weighted by atomic mass is 10.0. The SMILES string of the molecule is CC(NC(=O)c1cc(C2CC2)cc(C(F)(F)F)c1)c1nccnc1-c1ccc(F)cn1. The van der Waals surface area contributed by atoms with Gasteiger partial charge in [0, 0.05) is 18.0 Å². The fourth-order valence-electron chi connectivity index (χ4n) is 3.33. The molecule has 0 spiro atoms. The zero-order valence-electron chi connectivity index (χ0n) is 16.4. The van der Waals surface area contributed by atoms with Crippen LogP contribution in [0.4, 0.5) is 17.6 Å². The van der Waals surface area contributed by atoms with Crippen molar-refractivity contribution in [3.63, 3.8) is 0 Å². The summed E-state index contributed by atoms with van der Waals surface area (Å²) in [4.78, 5) is 25.3. The lowest BCUT2D eigenvalue weighted by Gasteiger charge is -2.17. The topological polar surface area (TPSA) is 67.8 Å². The van der Waals surface area contributed by atoms with E-state index in [-0.39, 0.29) is 11.5 Å². The van der Waals surface area contributed by atoms with Gasteiger partial charge in [-0.05, 0) is 61.6 Å². The average Bonchev–Trinajstić information content (AvgIpc) is 3.59.